The molecule has 1 fully saturated rings. The zero-order chi connectivity index (χ0) is 9.26. The van der Waals surface area contributed by atoms with Crippen molar-refractivity contribution in [2.45, 2.75) is 25.4 Å². The molecule has 0 amide bonds. The lowest BCUT2D eigenvalue weighted by molar-refractivity contribution is 0.151. The van der Waals surface area contributed by atoms with Gasteiger partial charge in [0, 0.05) is 4.47 Å². The van der Waals surface area contributed by atoms with Crippen molar-refractivity contribution < 1.29 is 5.11 Å². The van der Waals surface area contributed by atoms with Crippen LogP contribution in [0.5, 0.6) is 0 Å². The quantitative estimate of drug-likeness (QED) is 0.862. The summed E-state index contributed by atoms with van der Waals surface area (Å²) in [5.74, 6) is 0.573. The van der Waals surface area contributed by atoms with Crippen LogP contribution in [0.4, 0.5) is 0 Å². The van der Waals surface area contributed by atoms with Gasteiger partial charge in [0.1, 0.15) is 0 Å². The number of hydrogen-bond acceptors (Lipinski definition) is 1. The van der Waals surface area contributed by atoms with E-state index in [9.17, 15) is 5.11 Å². The second-order valence-corrected chi connectivity index (χ2v) is 4.65. The van der Waals surface area contributed by atoms with Crippen molar-refractivity contribution in [2.24, 2.45) is 5.92 Å². The first-order valence-corrected chi connectivity index (χ1v) is 5.47. The second kappa shape index (κ2) is 3.81. The first-order chi connectivity index (χ1) is 6.25. The maximum Gasteiger partial charge on any atom is 0.0608 e. The highest BCUT2D eigenvalue weighted by atomic mass is 79.9. The van der Waals surface area contributed by atoms with Crippen LogP contribution in [0, 0.1) is 5.92 Å². The standard InChI is InChI=1S/C11H13BrO/c12-10-5-1-8(2-6-10)7-11(13)9-3-4-9/h1-2,5-6,9,11,13H,3-4,7H2. The van der Waals surface area contributed by atoms with Gasteiger partial charge in [0.2, 0.25) is 0 Å². The molecule has 2 heteroatoms. The van der Waals surface area contributed by atoms with E-state index in [0.717, 1.165) is 10.9 Å². The van der Waals surface area contributed by atoms with Gasteiger partial charge in [0.15, 0.2) is 0 Å². The Morgan fingerprint density at radius 1 is 1.31 bits per heavy atom. The summed E-state index contributed by atoms with van der Waals surface area (Å²) in [6, 6.07) is 8.18. The molecule has 1 aliphatic rings. The molecule has 1 saturated carbocycles. The molecule has 0 aromatic heterocycles. The third-order valence-electron chi connectivity index (χ3n) is 2.52. The van der Waals surface area contributed by atoms with Crippen molar-refractivity contribution in [1.82, 2.24) is 0 Å². The Morgan fingerprint density at radius 3 is 2.46 bits per heavy atom. The van der Waals surface area contributed by atoms with Gasteiger partial charge in [0.25, 0.3) is 0 Å². The summed E-state index contributed by atoms with van der Waals surface area (Å²) in [6.45, 7) is 0. The van der Waals surface area contributed by atoms with Crippen molar-refractivity contribution in [3.8, 4) is 0 Å². The van der Waals surface area contributed by atoms with E-state index in [0.29, 0.717) is 5.92 Å². The average Bonchev–Trinajstić information content (AvgIpc) is 2.91. The molecular weight excluding hydrogens is 228 g/mol. The highest BCUT2D eigenvalue weighted by Gasteiger charge is 2.29. The predicted octanol–water partition coefficient (Wildman–Crippen LogP) is 2.76. The number of aliphatic hydroxyl groups excluding tert-OH is 1. The largest absolute Gasteiger partial charge is 0.392 e. The van der Waals surface area contributed by atoms with Gasteiger partial charge in [-0.15, -0.1) is 0 Å². The lowest BCUT2D eigenvalue weighted by Gasteiger charge is -2.08. The summed E-state index contributed by atoms with van der Waals surface area (Å²) in [5, 5.41) is 9.70. The summed E-state index contributed by atoms with van der Waals surface area (Å²) in [5.41, 5.74) is 1.22. The Balaban J connectivity index is 1.96. The molecule has 70 valence electrons. The Labute approximate surface area is 86.9 Å². The Kier molecular flexibility index (Phi) is 2.70. The van der Waals surface area contributed by atoms with Crippen LogP contribution in [0.1, 0.15) is 18.4 Å². The van der Waals surface area contributed by atoms with Gasteiger partial charge in [0.05, 0.1) is 6.10 Å². The lowest BCUT2D eigenvalue weighted by atomic mass is 10.1. The molecule has 1 nitrogen and oxygen atoms in total. The van der Waals surface area contributed by atoms with Crippen LogP contribution >= 0.6 is 15.9 Å². The number of halogens is 1. The fourth-order valence-electron chi connectivity index (χ4n) is 1.51. The van der Waals surface area contributed by atoms with Crippen molar-refractivity contribution in [3.63, 3.8) is 0 Å². The van der Waals surface area contributed by atoms with E-state index in [2.05, 4.69) is 28.1 Å². The minimum Gasteiger partial charge on any atom is -0.392 e. The normalized spacial score (nSPS) is 18.6. The third kappa shape index (κ3) is 2.55. The molecular formula is C11H13BrO. The molecule has 2 rings (SSSR count). The summed E-state index contributed by atoms with van der Waals surface area (Å²) >= 11 is 3.39. The molecule has 1 aromatic rings. The summed E-state index contributed by atoms with van der Waals surface area (Å²) in [7, 11) is 0. The van der Waals surface area contributed by atoms with Crippen molar-refractivity contribution in [3.05, 3.63) is 34.3 Å². The van der Waals surface area contributed by atoms with E-state index in [1.54, 1.807) is 0 Å². The van der Waals surface area contributed by atoms with E-state index >= 15 is 0 Å². The van der Waals surface area contributed by atoms with Crippen LogP contribution in [0.2, 0.25) is 0 Å². The monoisotopic (exact) mass is 240 g/mol. The number of rotatable bonds is 3. The molecule has 0 heterocycles. The molecule has 13 heavy (non-hydrogen) atoms. The smallest absolute Gasteiger partial charge is 0.0608 e. The zero-order valence-electron chi connectivity index (χ0n) is 7.41. The third-order valence-corrected chi connectivity index (χ3v) is 3.05. The molecule has 1 N–H and O–H groups in total. The van der Waals surface area contributed by atoms with E-state index in [-0.39, 0.29) is 6.10 Å². The molecule has 0 bridgehead atoms. The first-order valence-electron chi connectivity index (χ1n) is 4.68. The molecule has 0 saturated heterocycles. The number of benzene rings is 1. The van der Waals surface area contributed by atoms with Crippen LogP contribution in [-0.2, 0) is 6.42 Å². The van der Waals surface area contributed by atoms with Crippen molar-refractivity contribution in [2.75, 3.05) is 0 Å². The molecule has 1 aliphatic carbocycles. The second-order valence-electron chi connectivity index (χ2n) is 3.74. The van der Waals surface area contributed by atoms with Crippen LogP contribution in [0.15, 0.2) is 28.7 Å². The van der Waals surface area contributed by atoms with Gasteiger partial charge >= 0.3 is 0 Å². The van der Waals surface area contributed by atoms with Crippen molar-refractivity contribution >= 4 is 15.9 Å². The molecule has 1 atom stereocenters. The molecule has 1 unspecified atom stereocenters. The van der Waals surface area contributed by atoms with Crippen LogP contribution in [-0.4, -0.2) is 11.2 Å². The summed E-state index contributed by atoms with van der Waals surface area (Å²) in [4.78, 5) is 0. The Hall–Kier alpha value is -0.340. The van der Waals surface area contributed by atoms with Crippen molar-refractivity contribution in [1.29, 1.82) is 0 Å². The molecule has 1 aromatic carbocycles. The fourth-order valence-corrected chi connectivity index (χ4v) is 1.77. The van der Waals surface area contributed by atoms with Crippen LogP contribution < -0.4 is 0 Å². The highest BCUT2D eigenvalue weighted by Crippen LogP contribution is 2.33. The van der Waals surface area contributed by atoms with Crippen LogP contribution in [0.3, 0.4) is 0 Å². The Bertz CT molecular complexity index is 277. The van der Waals surface area contributed by atoms with Crippen LogP contribution in [0.25, 0.3) is 0 Å². The van der Waals surface area contributed by atoms with Gasteiger partial charge in [-0.25, -0.2) is 0 Å². The van der Waals surface area contributed by atoms with E-state index in [1.807, 2.05) is 12.1 Å². The SMILES string of the molecule is OC(Cc1ccc(Br)cc1)C1CC1. The van der Waals surface area contributed by atoms with Gasteiger partial charge in [-0.2, -0.15) is 0 Å². The van der Waals surface area contributed by atoms with E-state index in [1.165, 1.54) is 18.4 Å². The number of aliphatic hydroxyl groups is 1. The average molecular weight is 241 g/mol. The summed E-state index contributed by atoms with van der Waals surface area (Å²) in [6.07, 6.45) is 3.09. The maximum absolute atomic E-state index is 9.70. The number of hydrogen-bond donors (Lipinski definition) is 1. The van der Waals surface area contributed by atoms with Gasteiger partial charge in [-0.1, -0.05) is 28.1 Å². The Morgan fingerprint density at radius 2 is 1.92 bits per heavy atom. The van der Waals surface area contributed by atoms with E-state index in [4.69, 9.17) is 0 Å². The van der Waals surface area contributed by atoms with E-state index < -0.39 is 0 Å². The molecule has 0 aliphatic heterocycles. The molecule has 0 spiro atoms. The highest BCUT2D eigenvalue weighted by molar-refractivity contribution is 9.10. The zero-order valence-corrected chi connectivity index (χ0v) is 9.00. The predicted molar refractivity (Wildman–Crippen MR) is 56.6 cm³/mol. The minimum absolute atomic E-state index is 0.124. The van der Waals surface area contributed by atoms with Gasteiger partial charge < -0.3 is 5.11 Å². The minimum atomic E-state index is -0.124. The van der Waals surface area contributed by atoms with Gasteiger partial charge in [-0.05, 0) is 42.9 Å². The maximum atomic E-state index is 9.70. The fraction of sp³-hybridized carbons (Fsp3) is 0.455. The lowest BCUT2D eigenvalue weighted by Crippen LogP contribution is -2.12. The summed E-state index contributed by atoms with van der Waals surface area (Å²) < 4.78 is 1.09. The first kappa shape index (κ1) is 9.22. The van der Waals surface area contributed by atoms with Gasteiger partial charge in [-0.3, -0.25) is 0 Å². The topological polar surface area (TPSA) is 20.2 Å². The molecule has 0 radical (unpaired) electrons.